The van der Waals surface area contributed by atoms with Gasteiger partial charge >= 0.3 is 0 Å². The summed E-state index contributed by atoms with van der Waals surface area (Å²) in [5, 5.41) is 3.55. The van der Waals surface area contributed by atoms with Crippen LogP contribution in [0.5, 0.6) is 0 Å². The summed E-state index contributed by atoms with van der Waals surface area (Å²) in [6.07, 6.45) is 1.59. The van der Waals surface area contributed by atoms with Crippen LogP contribution in [0.1, 0.15) is 21.7 Å². The Bertz CT molecular complexity index is 494. The fourth-order valence-corrected chi connectivity index (χ4v) is 1.83. The molecule has 2 rings (SSSR count). The van der Waals surface area contributed by atoms with E-state index in [9.17, 15) is 4.79 Å². The van der Waals surface area contributed by atoms with Crippen molar-refractivity contribution in [3.63, 3.8) is 0 Å². The average Bonchev–Trinajstić information content (AvgIpc) is 2.89. The van der Waals surface area contributed by atoms with Crippen LogP contribution in [0.3, 0.4) is 0 Å². The van der Waals surface area contributed by atoms with Gasteiger partial charge in [-0.15, -0.1) is 0 Å². The molecular formula is C13H12BrNO2. The molecule has 3 nitrogen and oxygen atoms in total. The van der Waals surface area contributed by atoms with Gasteiger partial charge in [-0.25, -0.2) is 0 Å². The minimum absolute atomic E-state index is 0.0933. The number of carbonyl (C=O) groups excluding carboxylic acids is 1. The van der Waals surface area contributed by atoms with Gasteiger partial charge in [0.25, 0.3) is 5.91 Å². The Hall–Kier alpha value is -1.55. The molecule has 0 radical (unpaired) electrons. The SMILES string of the molecule is O=C(NCc1ccco1)c1cccc(CBr)c1. The van der Waals surface area contributed by atoms with Crippen LogP contribution in [0.25, 0.3) is 0 Å². The molecule has 0 spiro atoms. The van der Waals surface area contributed by atoms with Crippen molar-refractivity contribution in [2.45, 2.75) is 11.9 Å². The zero-order valence-corrected chi connectivity index (χ0v) is 10.7. The largest absolute Gasteiger partial charge is 0.467 e. The number of amides is 1. The van der Waals surface area contributed by atoms with E-state index in [2.05, 4.69) is 21.2 Å². The molecular weight excluding hydrogens is 282 g/mol. The zero-order valence-electron chi connectivity index (χ0n) is 9.15. The number of rotatable bonds is 4. The quantitative estimate of drug-likeness (QED) is 0.880. The van der Waals surface area contributed by atoms with E-state index in [0.29, 0.717) is 12.1 Å². The lowest BCUT2D eigenvalue weighted by molar-refractivity contribution is 0.0948. The number of halogens is 1. The first-order chi connectivity index (χ1) is 8.29. The van der Waals surface area contributed by atoms with Crippen LogP contribution in [0.4, 0.5) is 0 Å². The molecule has 1 aromatic carbocycles. The molecule has 17 heavy (non-hydrogen) atoms. The highest BCUT2D eigenvalue weighted by molar-refractivity contribution is 9.08. The van der Waals surface area contributed by atoms with Gasteiger partial charge in [-0.1, -0.05) is 28.1 Å². The number of furan rings is 1. The number of nitrogens with one attached hydrogen (secondary N) is 1. The molecule has 4 heteroatoms. The third kappa shape index (κ3) is 3.20. The minimum Gasteiger partial charge on any atom is -0.467 e. The van der Waals surface area contributed by atoms with Crippen LogP contribution >= 0.6 is 15.9 Å². The molecule has 0 aliphatic carbocycles. The molecule has 0 unspecified atom stereocenters. The lowest BCUT2D eigenvalue weighted by Gasteiger charge is -2.04. The van der Waals surface area contributed by atoms with Crippen molar-refractivity contribution in [2.75, 3.05) is 0 Å². The molecule has 0 atom stereocenters. The van der Waals surface area contributed by atoms with Crippen molar-refractivity contribution in [1.29, 1.82) is 0 Å². The first-order valence-corrected chi connectivity index (χ1v) is 6.37. The molecule has 2 aromatic rings. The van der Waals surface area contributed by atoms with Crippen LogP contribution in [0.2, 0.25) is 0 Å². The van der Waals surface area contributed by atoms with Gasteiger partial charge in [-0.05, 0) is 29.8 Å². The van der Waals surface area contributed by atoms with E-state index in [4.69, 9.17) is 4.42 Å². The summed E-state index contributed by atoms with van der Waals surface area (Å²) < 4.78 is 5.14. The van der Waals surface area contributed by atoms with Crippen LogP contribution in [0, 0.1) is 0 Å². The normalized spacial score (nSPS) is 10.2. The summed E-state index contributed by atoms with van der Waals surface area (Å²) in [6.45, 7) is 0.407. The fraction of sp³-hybridized carbons (Fsp3) is 0.154. The lowest BCUT2D eigenvalue weighted by Crippen LogP contribution is -2.22. The van der Waals surface area contributed by atoms with Crippen LogP contribution < -0.4 is 5.32 Å². The number of hydrogen-bond acceptors (Lipinski definition) is 2. The molecule has 0 saturated carbocycles. The Morgan fingerprint density at radius 3 is 2.88 bits per heavy atom. The van der Waals surface area contributed by atoms with Gasteiger partial charge in [0.1, 0.15) is 5.76 Å². The van der Waals surface area contributed by atoms with Gasteiger partial charge in [0.05, 0.1) is 12.8 Å². The van der Waals surface area contributed by atoms with Gasteiger partial charge in [-0.3, -0.25) is 4.79 Å². The Labute approximate surface area is 108 Å². The summed E-state index contributed by atoms with van der Waals surface area (Å²) in [7, 11) is 0. The molecule has 1 N–H and O–H groups in total. The first-order valence-electron chi connectivity index (χ1n) is 5.25. The van der Waals surface area contributed by atoms with Crippen molar-refractivity contribution in [3.8, 4) is 0 Å². The predicted octanol–water partition coefficient (Wildman–Crippen LogP) is 3.10. The summed E-state index contributed by atoms with van der Waals surface area (Å²) in [5.41, 5.74) is 1.74. The maximum absolute atomic E-state index is 11.8. The Morgan fingerprint density at radius 1 is 1.29 bits per heavy atom. The number of carbonyl (C=O) groups is 1. The molecule has 1 heterocycles. The standard InChI is InChI=1S/C13H12BrNO2/c14-8-10-3-1-4-11(7-10)13(16)15-9-12-5-2-6-17-12/h1-7H,8-9H2,(H,15,16). The van der Waals surface area contributed by atoms with E-state index >= 15 is 0 Å². The molecule has 0 saturated heterocycles. The molecule has 0 bridgehead atoms. The topological polar surface area (TPSA) is 42.2 Å². The van der Waals surface area contributed by atoms with Crippen LogP contribution in [0.15, 0.2) is 47.1 Å². The maximum atomic E-state index is 11.8. The highest BCUT2D eigenvalue weighted by Crippen LogP contribution is 2.09. The predicted molar refractivity (Wildman–Crippen MR) is 69.0 cm³/mol. The number of alkyl halides is 1. The number of hydrogen-bond donors (Lipinski definition) is 1. The van der Waals surface area contributed by atoms with Gasteiger partial charge in [0.15, 0.2) is 0 Å². The Kier molecular flexibility index (Phi) is 3.98. The smallest absolute Gasteiger partial charge is 0.251 e. The van der Waals surface area contributed by atoms with Crippen LogP contribution in [-0.4, -0.2) is 5.91 Å². The van der Waals surface area contributed by atoms with Crippen LogP contribution in [-0.2, 0) is 11.9 Å². The highest BCUT2D eigenvalue weighted by Gasteiger charge is 2.06. The van der Waals surface area contributed by atoms with Crippen molar-refractivity contribution in [2.24, 2.45) is 0 Å². The lowest BCUT2D eigenvalue weighted by atomic mass is 10.1. The maximum Gasteiger partial charge on any atom is 0.251 e. The molecule has 0 fully saturated rings. The average molecular weight is 294 g/mol. The van der Waals surface area contributed by atoms with Crippen molar-refractivity contribution in [3.05, 3.63) is 59.5 Å². The van der Waals surface area contributed by atoms with E-state index in [1.807, 2.05) is 24.3 Å². The van der Waals surface area contributed by atoms with Crippen molar-refractivity contribution in [1.82, 2.24) is 5.32 Å². The van der Waals surface area contributed by atoms with E-state index in [1.54, 1.807) is 18.4 Å². The minimum atomic E-state index is -0.0933. The molecule has 88 valence electrons. The summed E-state index contributed by atoms with van der Waals surface area (Å²) in [4.78, 5) is 11.8. The van der Waals surface area contributed by atoms with Gasteiger partial charge in [0.2, 0.25) is 0 Å². The Morgan fingerprint density at radius 2 is 2.18 bits per heavy atom. The van der Waals surface area contributed by atoms with Crippen molar-refractivity contribution < 1.29 is 9.21 Å². The van der Waals surface area contributed by atoms with E-state index < -0.39 is 0 Å². The zero-order chi connectivity index (χ0) is 12.1. The second kappa shape index (κ2) is 5.68. The summed E-state index contributed by atoms with van der Waals surface area (Å²) in [6, 6.07) is 11.1. The highest BCUT2D eigenvalue weighted by atomic mass is 79.9. The van der Waals surface area contributed by atoms with Crippen molar-refractivity contribution >= 4 is 21.8 Å². The first kappa shape index (κ1) is 11.9. The molecule has 0 aliphatic heterocycles. The van der Waals surface area contributed by atoms with Gasteiger partial charge in [0, 0.05) is 10.9 Å². The summed E-state index contributed by atoms with van der Waals surface area (Å²) in [5.74, 6) is 0.652. The van der Waals surface area contributed by atoms with E-state index in [1.165, 1.54) is 0 Å². The van der Waals surface area contributed by atoms with E-state index in [0.717, 1.165) is 16.7 Å². The Balaban J connectivity index is 1.99. The second-order valence-electron chi connectivity index (χ2n) is 3.60. The molecule has 1 amide bonds. The second-order valence-corrected chi connectivity index (χ2v) is 4.16. The monoisotopic (exact) mass is 293 g/mol. The fourth-order valence-electron chi connectivity index (χ4n) is 1.48. The third-order valence-electron chi connectivity index (χ3n) is 2.35. The van der Waals surface area contributed by atoms with E-state index in [-0.39, 0.29) is 5.91 Å². The third-order valence-corrected chi connectivity index (χ3v) is 2.99. The summed E-state index contributed by atoms with van der Waals surface area (Å²) >= 11 is 3.36. The molecule has 0 aliphatic rings. The number of benzene rings is 1. The molecule has 1 aromatic heterocycles. The van der Waals surface area contributed by atoms with Gasteiger partial charge in [-0.2, -0.15) is 0 Å². The van der Waals surface area contributed by atoms with Gasteiger partial charge < -0.3 is 9.73 Å².